The molecule has 4 heteroatoms. The molecule has 1 N–H and O–H groups in total. The van der Waals surface area contributed by atoms with Crippen LogP contribution >= 0.6 is 24.8 Å². The number of rotatable bonds is 1. The van der Waals surface area contributed by atoms with Gasteiger partial charge in [-0.2, -0.15) is 0 Å². The van der Waals surface area contributed by atoms with Crippen LogP contribution in [0, 0.1) is 6.92 Å². The topological polar surface area (TPSA) is 20.2 Å². The summed E-state index contributed by atoms with van der Waals surface area (Å²) in [5.41, 5.74) is 2.23. The first-order valence-corrected chi connectivity index (χ1v) is 3.91. The van der Waals surface area contributed by atoms with Crippen molar-refractivity contribution in [1.82, 2.24) is 0 Å². The number of halogens is 2. The first-order valence-electron chi connectivity index (χ1n) is 3.91. The minimum absolute atomic E-state index is 0. The maximum atomic E-state index is 9.41. The van der Waals surface area contributed by atoms with Gasteiger partial charge in [-0.25, -0.2) is 0 Å². The molecule has 14 heavy (non-hydrogen) atoms. The average molecular weight is 271 g/mol. The number of phenolic OH excluding ortho intramolecular Hbond substituents is 1. The molecule has 0 spiro atoms. The maximum absolute atomic E-state index is 9.41. The Morgan fingerprint density at radius 2 is 1.64 bits per heavy atom. The van der Waals surface area contributed by atoms with Crippen LogP contribution in [0.15, 0.2) is 18.2 Å². The van der Waals surface area contributed by atoms with Gasteiger partial charge in [0.1, 0.15) is 5.75 Å². The van der Waals surface area contributed by atoms with Crippen LogP contribution in [0.2, 0.25) is 0 Å². The Morgan fingerprint density at radius 1 is 1.14 bits per heavy atom. The van der Waals surface area contributed by atoms with E-state index in [0.717, 1.165) is 5.56 Å². The zero-order chi connectivity index (χ0) is 8.43. The second-order valence-electron chi connectivity index (χ2n) is 3.22. The quantitative estimate of drug-likeness (QED) is 0.773. The summed E-state index contributed by atoms with van der Waals surface area (Å²) in [5, 5.41) is 9.41. The molecule has 0 aromatic heterocycles. The molecule has 0 radical (unpaired) electrons. The predicted octanol–water partition coefficient (Wildman–Crippen LogP) is 3.67. The van der Waals surface area contributed by atoms with E-state index in [0.29, 0.717) is 11.7 Å². The van der Waals surface area contributed by atoms with Gasteiger partial charge in [0.25, 0.3) is 0 Å². The summed E-state index contributed by atoms with van der Waals surface area (Å²) >= 11 is 0. The number of benzene rings is 1. The van der Waals surface area contributed by atoms with Gasteiger partial charge < -0.3 is 5.11 Å². The van der Waals surface area contributed by atoms with Gasteiger partial charge in [0.15, 0.2) is 0 Å². The van der Waals surface area contributed by atoms with Gasteiger partial charge in [-0.15, -0.1) is 24.8 Å². The van der Waals surface area contributed by atoms with Crippen molar-refractivity contribution in [3.05, 3.63) is 29.3 Å². The van der Waals surface area contributed by atoms with E-state index < -0.39 is 0 Å². The minimum Gasteiger partial charge on any atom is -0.508 e. The van der Waals surface area contributed by atoms with Crippen molar-refractivity contribution in [2.75, 3.05) is 0 Å². The number of hydrogen-bond acceptors (Lipinski definition) is 1. The Labute approximate surface area is 113 Å². The van der Waals surface area contributed by atoms with E-state index >= 15 is 0 Å². The Balaban J connectivity index is -0.000000403. The molecule has 0 bridgehead atoms. The van der Waals surface area contributed by atoms with Crippen LogP contribution in [0.3, 0.4) is 0 Å². The number of phenols is 1. The van der Waals surface area contributed by atoms with Crippen molar-refractivity contribution in [3.63, 3.8) is 0 Å². The number of aromatic hydroxyl groups is 1. The average Bonchev–Trinajstić information content (AvgIpc) is 1.94. The first kappa shape index (κ1) is 19.8. The van der Waals surface area contributed by atoms with Crippen molar-refractivity contribution >= 4 is 24.8 Å². The molecule has 1 aromatic carbocycles. The third kappa shape index (κ3) is 5.26. The SMILES string of the molecule is Cc1ccc(O)c(C(C)C)c1.Cl.Cl.[Ti]. The molecule has 1 rings (SSSR count). The van der Waals surface area contributed by atoms with Crippen molar-refractivity contribution in [2.24, 2.45) is 0 Å². The molecular formula is C10H16Cl2OTi. The summed E-state index contributed by atoms with van der Waals surface area (Å²) in [6.07, 6.45) is 0. The number of hydrogen-bond donors (Lipinski definition) is 1. The van der Waals surface area contributed by atoms with Crippen LogP contribution in [-0.2, 0) is 21.7 Å². The van der Waals surface area contributed by atoms with Crippen LogP contribution in [0.5, 0.6) is 5.75 Å². The van der Waals surface area contributed by atoms with E-state index in [1.165, 1.54) is 5.56 Å². The van der Waals surface area contributed by atoms with E-state index in [4.69, 9.17) is 0 Å². The standard InChI is InChI=1S/C10H14O.2ClH.Ti/c1-7(2)9-6-8(3)4-5-10(9)11;;;/h4-7,11H,1-3H3;2*1H;. The molecule has 0 heterocycles. The Hall–Kier alpha value is 0.314. The third-order valence-electron chi connectivity index (χ3n) is 1.81. The Kier molecular flexibility index (Phi) is 12.2. The van der Waals surface area contributed by atoms with Gasteiger partial charge in [-0.1, -0.05) is 31.5 Å². The van der Waals surface area contributed by atoms with Gasteiger partial charge in [0.2, 0.25) is 0 Å². The Morgan fingerprint density at radius 3 is 2.00 bits per heavy atom. The smallest absolute Gasteiger partial charge is 0.119 e. The first-order chi connectivity index (χ1) is 5.11. The molecule has 0 aliphatic carbocycles. The van der Waals surface area contributed by atoms with E-state index in [9.17, 15) is 5.11 Å². The van der Waals surface area contributed by atoms with Crippen LogP contribution in [0.1, 0.15) is 30.9 Å². The predicted molar refractivity (Wildman–Crippen MR) is 61.4 cm³/mol. The van der Waals surface area contributed by atoms with Gasteiger partial charge in [0, 0.05) is 21.7 Å². The molecular weight excluding hydrogens is 255 g/mol. The van der Waals surface area contributed by atoms with E-state index in [1.807, 2.05) is 19.1 Å². The normalized spacial score (nSPS) is 8.29. The van der Waals surface area contributed by atoms with Gasteiger partial charge in [-0.05, 0) is 24.5 Å². The molecule has 1 nitrogen and oxygen atoms in total. The third-order valence-corrected chi connectivity index (χ3v) is 1.81. The molecule has 0 atom stereocenters. The van der Waals surface area contributed by atoms with Crippen LogP contribution in [0.25, 0.3) is 0 Å². The fraction of sp³-hybridized carbons (Fsp3) is 0.400. The van der Waals surface area contributed by atoms with Crippen molar-refractivity contribution in [3.8, 4) is 5.75 Å². The van der Waals surface area contributed by atoms with E-state index in [1.54, 1.807) is 6.07 Å². The molecule has 0 unspecified atom stereocenters. The van der Waals surface area contributed by atoms with Gasteiger partial charge in [-0.3, -0.25) is 0 Å². The maximum Gasteiger partial charge on any atom is 0.119 e. The monoisotopic (exact) mass is 270 g/mol. The van der Waals surface area contributed by atoms with Crippen LogP contribution in [0.4, 0.5) is 0 Å². The molecule has 0 aliphatic heterocycles. The fourth-order valence-electron chi connectivity index (χ4n) is 1.14. The molecule has 0 fully saturated rings. The van der Waals surface area contributed by atoms with Gasteiger partial charge >= 0.3 is 0 Å². The number of aryl methyl sites for hydroxylation is 1. The van der Waals surface area contributed by atoms with E-state index in [2.05, 4.69) is 13.8 Å². The summed E-state index contributed by atoms with van der Waals surface area (Å²) in [5.74, 6) is 0.806. The molecule has 0 saturated carbocycles. The fourth-order valence-corrected chi connectivity index (χ4v) is 1.14. The van der Waals surface area contributed by atoms with Crippen molar-refractivity contribution in [1.29, 1.82) is 0 Å². The van der Waals surface area contributed by atoms with E-state index in [-0.39, 0.29) is 46.5 Å². The molecule has 0 saturated heterocycles. The summed E-state index contributed by atoms with van der Waals surface area (Å²) in [4.78, 5) is 0. The zero-order valence-corrected chi connectivity index (χ0v) is 11.8. The Bertz CT molecular complexity index is 264. The largest absolute Gasteiger partial charge is 0.508 e. The summed E-state index contributed by atoms with van der Waals surface area (Å²) in [6.45, 7) is 6.19. The minimum atomic E-state index is 0. The molecule has 80 valence electrons. The van der Waals surface area contributed by atoms with Crippen molar-refractivity contribution < 1.29 is 26.8 Å². The molecule has 1 aromatic rings. The summed E-state index contributed by atoms with van der Waals surface area (Å²) in [7, 11) is 0. The van der Waals surface area contributed by atoms with Gasteiger partial charge in [0.05, 0.1) is 0 Å². The second-order valence-corrected chi connectivity index (χ2v) is 3.22. The molecule has 0 aliphatic rings. The zero-order valence-electron chi connectivity index (χ0n) is 8.57. The summed E-state index contributed by atoms with van der Waals surface area (Å²) in [6, 6.07) is 5.70. The van der Waals surface area contributed by atoms with Crippen LogP contribution < -0.4 is 0 Å². The summed E-state index contributed by atoms with van der Waals surface area (Å²) < 4.78 is 0. The van der Waals surface area contributed by atoms with Crippen molar-refractivity contribution in [2.45, 2.75) is 26.7 Å². The molecule has 0 amide bonds. The van der Waals surface area contributed by atoms with Crippen LogP contribution in [-0.4, -0.2) is 5.11 Å². The second kappa shape index (κ2) is 8.61.